The third kappa shape index (κ3) is 4.24. The van der Waals surface area contributed by atoms with Crippen LogP contribution in [0.4, 0.5) is 5.82 Å². The number of carbonyl (C=O) groups excluding carboxylic acids is 1. The number of halogens is 1. The first kappa shape index (κ1) is 11.9. The van der Waals surface area contributed by atoms with Crippen LogP contribution < -0.4 is 10.6 Å². The van der Waals surface area contributed by atoms with E-state index in [1.165, 1.54) is 6.33 Å². The predicted molar refractivity (Wildman–Crippen MR) is 61.5 cm³/mol. The van der Waals surface area contributed by atoms with E-state index >= 15 is 0 Å². The molecule has 0 atom stereocenters. The van der Waals surface area contributed by atoms with E-state index in [4.69, 9.17) is 0 Å². The van der Waals surface area contributed by atoms with Crippen LogP contribution in [0.1, 0.15) is 13.8 Å². The minimum atomic E-state index is -0.0597. The van der Waals surface area contributed by atoms with E-state index < -0.39 is 0 Å². The summed E-state index contributed by atoms with van der Waals surface area (Å²) in [5.41, 5.74) is 0. The van der Waals surface area contributed by atoms with Gasteiger partial charge in [-0.2, -0.15) is 0 Å². The van der Waals surface area contributed by atoms with Crippen LogP contribution in [0.15, 0.2) is 17.0 Å². The maximum absolute atomic E-state index is 11.3. The summed E-state index contributed by atoms with van der Waals surface area (Å²) in [6, 6.07) is 0.146. The molecule has 0 fully saturated rings. The SMILES string of the molecule is CC(C)NC(=O)CNc1ncncc1Br. The van der Waals surface area contributed by atoms with E-state index in [0.717, 1.165) is 4.47 Å². The molecule has 0 unspecified atom stereocenters. The maximum Gasteiger partial charge on any atom is 0.239 e. The molecule has 0 aliphatic rings. The molecule has 0 bridgehead atoms. The average Bonchev–Trinajstić information content (AvgIpc) is 2.15. The lowest BCUT2D eigenvalue weighted by molar-refractivity contribution is -0.119. The molecular formula is C9H13BrN4O. The van der Waals surface area contributed by atoms with Gasteiger partial charge in [-0.3, -0.25) is 4.79 Å². The summed E-state index contributed by atoms with van der Waals surface area (Å²) in [6.45, 7) is 4.03. The molecule has 1 aromatic rings. The summed E-state index contributed by atoms with van der Waals surface area (Å²) in [4.78, 5) is 19.1. The highest BCUT2D eigenvalue weighted by Crippen LogP contribution is 2.16. The monoisotopic (exact) mass is 272 g/mol. The van der Waals surface area contributed by atoms with Gasteiger partial charge in [0.25, 0.3) is 0 Å². The minimum Gasteiger partial charge on any atom is -0.360 e. The van der Waals surface area contributed by atoms with E-state index in [9.17, 15) is 4.79 Å². The van der Waals surface area contributed by atoms with Gasteiger partial charge in [0.1, 0.15) is 12.1 Å². The van der Waals surface area contributed by atoms with Crippen molar-refractivity contribution in [2.75, 3.05) is 11.9 Å². The Morgan fingerprint density at radius 1 is 1.60 bits per heavy atom. The standard InChI is InChI=1S/C9H13BrN4O/c1-6(2)14-8(15)4-12-9-7(10)3-11-5-13-9/h3,5-6H,4H2,1-2H3,(H,14,15)(H,11,12,13). The first-order valence-electron chi connectivity index (χ1n) is 4.58. The molecule has 0 aliphatic heterocycles. The van der Waals surface area contributed by atoms with Crippen molar-refractivity contribution in [3.05, 3.63) is 17.0 Å². The van der Waals surface area contributed by atoms with Crippen molar-refractivity contribution in [3.8, 4) is 0 Å². The van der Waals surface area contributed by atoms with Gasteiger partial charge in [0, 0.05) is 12.2 Å². The summed E-state index contributed by atoms with van der Waals surface area (Å²) < 4.78 is 0.738. The van der Waals surface area contributed by atoms with E-state index in [0.29, 0.717) is 5.82 Å². The highest BCUT2D eigenvalue weighted by molar-refractivity contribution is 9.10. The molecule has 0 saturated heterocycles. The lowest BCUT2D eigenvalue weighted by Crippen LogP contribution is -2.35. The van der Waals surface area contributed by atoms with Crippen molar-refractivity contribution in [1.29, 1.82) is 0 Å². The fraction of sp³-hybridized carbons (Fsp3) is 0.444. The number of aromatic nitrogens is 2. The summed E-state index contributed by atoms with van der Waals surface area (Å²) in [5, 5.41) is 5.68. The number of rotatable bonds is 4. The highest BCUT2D eigenvalue weighted by Gasteiger charge is 2.05. The van der Waals surface area contributed by atoms with Gasteiger partial charge in [-0.05, 0) is 29.8 Å². The second kappa shape index (κ2) is 5.65. The fourth-order valence-electron chi connectivity index (χ4n) is 0.980. The lowest BCUT2D eigenvalue weighted by atomic mass is 10.4. The van der Waals surface area contributed by atoms with Crippen molar-refractivity contribution < 1.29 is 4.79 Å². The number of hydrogen-bond donors (Lipinski definition) is 2. The molecular weight excluding hydrogens is 260 g/mol. The molecule has 1 heterocycles. The van der Waals surface area contributed by atoms with Crippen LogP contribution in [-0.4, -0.2) is 28.5 Å². The number of nitrogens with zero attached hydrogens (tertiary/aromatic N) is 2. The molecule has 6 heteroatoms. The molecule has 5 nitrogen and oxygen atoms in total. The zero-order chi connectivity index (χ0) is 11.3. The van der Waals surface area contributed by atoms with Gasteiger partial charge >= 0.3 is 0 Å². The number of amides is 1. The Morgan fingerprint density at radius 3 is 2.93 bits per heavy atom. The number of nitrogens with one attached hydrogen (secondary N) is 2. The Labute approximate surface area is 96.8 Å². The van der Waals surface area contributed by atoms with Crippen molar-refractivity contribution >= 4 is 27.7 Å². The van der Waals surface area contributed by atoms with Gasteiger partial charge in [0.2, 0.25) is 5.91 Å². The third-order valence-electron chi connectivity index (χ3n) is 1.53. The summed E-state index contributed by atoms with van der Waals surface area (Å²) in [6.07, 6.45) is 3.04. The van der Waals surface area contributed by atoms with Crippen LogP contribution in [0, 0.1) is 0 Å². The van der Waals surface area contributed by atoms with Gasteiger partial charge in [-0.15, -0.1) is 0 Å². The van der Waals surface area contributed by atoms with Crippen LogP contribution >= 0.6 is 15.9 Å². The Morgan fingerprint density at radius 2 is 2.33 bits per heavy atom. The normalized spacial score (nSPS) is 10.1. The summed E-state index contributed by atoms with van der Waals surface area (Å²) in [7, 11) is 0. The molecule has 1 amide bonds. The second-order valence-electron chi connectivity index (χ2n) is 3.30. The van der Waals surface area contributed by atoms with Gasteiger partial charge in [0.05, 0.1) is 11.0 Å². The van der Waals surface area contributed by atoms with E-state index in [2.05, 4.69) is 36.5 Å². The quantitative estimate of drug-likeness (QED) is 0.864. The van der Waals surface area contributed by atoms with E-state index in [1.807, 2.05) is 13.8 Å². The lowest BCUT2D eigenvalue weighted by Gasteiger charge is -2.09. The molecule has 0 aromatic carbocycles. The largest absolute Gasteiger partial charge is 0.360 e. The summed E-state index contributed by atoms with van der Waals surface area (Å²) >= 11 is 3.28. The predicted octanol–water partition coefficient (Wildman–Crippen LogP) is 1.18. The van der Waals surface area contributed by atoms with E-state index in [-0.39, 0.29) is 18.5 Å². The van der Waals surface area contributed by atoms with Gasteiger partial charge in [-0.1, -0.05) is 0 Å². The zero-order valence-electron chi connectivity index (χ0n) is 8.62. The van der Waals surface area contributed by atoms with Crippen LogP contribution in [0.2, 0.25) is 0 Å². The third-order valence-corrected chi connectivity index (χ3v) is 2.11. The van der Waals surface area contributed by atoms with Crippen molar-refractivity contribution in [2.45, 2.75) is 19.9 Å². The fourth-order valence-corrected chi connectivity index (χ4v) is 1.34. The van der Waals surface area contributed by atoms with Crippen LogP contribution in [-0.2, 0) is 4.79 Å². The number of hydrogen-bond acceptors (Lipinski definition) is 4. The molecule has 15 heavy (non-hydrogen) atoms. The molecule has 1 rings (SSSR count). The molecule has 0 aliphatic carbocycles. The average molecular weight is 273 g/mol. The topological polar surface area (TPSA) is 66.9 Å². The van der Waals surface area contributed by atoms with Gasteiger partial charge in [-0.25, -0.2) is 9.97 Å². The first-order chi connectivity index (χ1) is 7.09. The van der Waals surface area contributed by atoms with Crippen LogP contribution in [0.3, 0.4) is 0 Å². The Kier molecular flexibility index (Phi) is 4.48. The number of anilines is 1. The maximum atomic E-state index is 11.3. The Balaban J connectivity index is 2.44. The summed E-state index contributed by atoms with van der Waals surface area (Å²) in [5.74, 6) is 0.555. The van der Waals surface area contributed by atoms with Crippen molar-refractivity contribution in [2.24, 2.45) is 0 Å². The second-order valence-corrected chi connectivity index (χ2v) is 4.15. The van der Waals surface area contributed by atoms with Gasteiger partial charge in [0.15, 0.2) is 0 Å². The Bertz CT molecular complexity index is 343. The Hall–Kier alpha value is -1.17. The number of carbonyl (C=O) groups is 1. The van der Waals surface area contributed by atoms with Crippen molar-refractivity contribution in [1.82, 2.24) is 15.3 Å². The highest BCUT2D eigenvalue weighted by atomic mass is 79.9. The smallest absolute Gasteiger partial charge is 0.239 e. The van der Waals surface area contributed by atoms with Gasteiger partial charge < -0.3 is 10.6 Å². The first-order valence-corrected chi connectivity index (χ1v) is 5.37. The molecule has 0 spiro atoms. The molecule has 1 aromatic heterocycles. The zero-order valence-corrected chi connectivity index (χ0v) is 10.2. The minimum absolute atomic E-state index is 0.0597. The van der Waals surface area contributed by atoms with Crippen LogP contribution in [0.25, 0.3) is 0 Å². The van der Waals surface area contributed by atoms with E-state index in [1.54, 1.807) is 6.20 Å². The van der Waals surface area contributed by atoms with Crippen LogP contribution in [0.5, 0.6) is 0 Å². The molecule has 2 N–H and O–H groups in total. The molecule has 0 saturated carbocycles. The molecule has 0 radical (unpaired) electrons. The van der Waals surface area contributed by atoms with Crippen molar-refractivity contribution in [3.63, 3.8) is 0 Å². The molecule has 82 valence electrons.